The van der Waals surface area contributed by atoms with Crippen molar-refractivity contribution in [2.45, 2.75) is 80.1 Å². The SMILES string of the molecule is C#CCN1CC2(CCC(c3ccccc3)(N(C)C)CC2)NC1=O.CN(C)C1(c2ccccc2)CCC2(CC1)CN(Cc1cn[nH]n1)C(=O)N2. The molecule has 7 rings (SSSR count). The lowest BCUT2D eigenvalue weighted by atomic mass is 9.69. The van der Waals surface area contributed by atoms with Gasteiger partial charge in [-0.1, -0.05) is 66.6 Å². The summed E-state index contributed by atoms with van der Waals surface area (Å²) in [7, 11) is 8.63. The van der Waals surface area contributed by atoms with Gasteiger partial charge in [-0.25, -0.2) is 9.59 Å². The van der Waals surface area contributed by atoms with Crippen LogP contribution in [0.1, 0.15) is 68.2 Å². The zero-order valence-electron chi connectivity index (χ0n) is 29.4. The summed E-state index contributed by atoms with van der Waals surface area (Å²) in [4.78, 5) is 32.9. The fourth-order valence-corrected chi connectivity index (χ4v) is 8.76. The van der Waals surface area contributed by atoms with E-state index in [0.717, 1.165) is 70.2 Å². The van der Waals surface area contributed by atoms with Gasteiger partial charge in [-0.2, -0.15) is 15.4 Å². The van der Waals surface area contributed by atoms with E-state index in [0.29, 0.717) is 13.1 Å². The number of hydrogen-bond acceptors (Lipinski definition) is 6. The number of carbonyl (C=O) groups excluding carboxylic acids is 2. The van der Waals surface area contributed by atoms with E-state index in [1.807, 2.05) is 4.90 Å². The minimum Gasteiger partial charge on any atom is -0.331 e. The monoisotopic (exact) mass is 665 g/mol. The van der Waals surface area contributed by atoms with Gasteiger partial charge in [0.05, 0.1) is 30.4 Å². The van der Waals surface area contributed by atoms with E-state index in [1.54, 1.807) is 11.1 Å². The van der Waals surface area contributed by atoms with E-state index in [-0.39, 0.29) is 34.2 Å². The number of carbonyl (C=O) groups is 2. The zero-order valence-corrected chi connectivity index (χ0v) is 29.4. The molecule has 2 aromatic carbocycles. The molecular formula is C38H51N9O2. The van der Waals surface area contributed by atoms with Crippen LogP contribution in [0.25, 0.3) is 0 Å². The first-order valence-corrected chi connectivity index (χ1v) is 17.4. The third-order valence-corrected chi connectivity index (χ3v) is 11.8. The minimum atomic E-state index is -0.130. The van der Waals surface area contributed by atoms with Gasteiger partial charge in [0.1, 0.15) is 5.69 Å². The highest BCUT2D eigenvalue weighted by atomic mass is 16.2. The van der Waals surface area contributed by atoms with E-state index in [1.165, 1.54) is 11.1 Å². The van der Waals surface area contributed by atoms with E-state index < -0.39 is 0 Å². The molecule has 4 aliphatic rings. The van der Waals surface area contributed by atoms with E-state index in [4.69, 9.17) is 6.42 Å². The third kappa shape index (κ3) is 6.77. The number of rotatable bonds is 7. The summed E-state index contributed by atoms with van der Waals surface area (Å²) >= 11 is 0. The van der Waals surface area contributed by atoms with Crippen LogP contribution in [0, 0.1) is 12.3 Å². The van der Waals surface area contributed by atoms with Gasteiger partial charge in [-0.3, -0.25) is 9.80 Å². The summed E-state index contributed by atoms with van der Waals surface area (Å²) in [6, 6.07) is 21.4. The van der Waals surface area contributed by atoms with Crippen LogP contribution in [0.5, 0.6) is 0 Å². The van der Waals surface area contributed by atoms with Crippen LogP contribution >= 0.6 is 0 Å². The Morgan fingerprint density at radius 2 is 1.16 bits per heavy atom. The molecule has 3 N–H and O–H groups in total. The summed E-state index contributed by atoms with van der Waals surface area (Å²) in [5, 5.41) is 17.0. The standard InChI is InChI=1S/C19H26N6O.C19H25N3O/c1-24(2)19(15-6-4-3-5-7-15)10-8-18(9-11-19)14-25(17(26)21-18)13-16-12-20-23-22-16;1-4-14-22-15-18(20-17(22)23)10-12-19(13-11-18,21(2)3)16-8-6-5-7-9-16/h3-7,12H,8-11,13-14H2,1-2H3,(H,21,26)(H,20,22,23);1,5-9H,10-15H2,2-3H3,(H,20,23). The molecule has 2 saturated carbocycles. The van der Waals surface area contributed by atoms with Gasteiger partial charge in [0.2, 0.25) is 0 Å². The smallest absolute Gasteiger partial charge is 0.318 e. The number of H-pyrrole nitrogens is 1. The average molecular weight is 666 g/mol. The number of aromatic amines is 1. The Bertz CT molecular complexity index is 1600. The zero-order chi connectivity index (χ0) is 34.7. The lowest BCUT2D eigenvalue weighted by Crippen LogP contribution is -2.54. The molecule has 3 aromatic rings. The second-order valence-corrected chi connectivity index (χ2v) is 14.9. The fourth-order valence-electron chi connectivity index (χ4n) is 8.76. The van der Waals surface area contributed by atoms with Gasteiger partial charge < -0.3 is 20.4 Å². The molecule has 0 unspecified atom stereocenters. The minimum absolute atomic E-state index is 0.00469. The van der Waals surface area contributed by atoms with Crippen LogP contribution < -0.4 is 10.6 Å². The van der Waals surface area contributed by atoms with Gasteiger partial charge in [0.25, 0.3) is 0 Å². The molecule has 49 heavy (non-hydrogen) atoms. The van der Waals surface area contributed by atoms with Gasteiger partial charge in [-0.15, -0.1) is 6.42 Å². The summed E-state index contributed by atoms with van der Waals surface area (Å²) in [5.74, 6) is 2.58. The molecule has 0 radical (unpaired) electrons. The van der Waals surface area contributed by atoms with Crippen LogP contribution in [0.2, 0.25) is 0 Å². The van der Waals surface area contributed by atoms with Crippen molar-refractivity contribution in [2.75, 3.05) is 47.8 Å². The van der Waals surface area contributed by atoms with Gasteiger partial charge in [-0.05, 0) is 90.7 Å². The number of amides is 4. The van der Waals surface area contributed by atoms with Crippen LogP contribution in [0.4, 0.5) is 9.59 Å². The molecule has 0 atom stereocenters. The Morgan fingerprint density at radius 3 is 1.57 bits per heavy atom. The van der Waals surface area contributed by atoms with Crippen LogP contribution in [0.3, 0.4) is 0 Å². The Labute approximate surface area is 290 Å². The lowest BCUT2D eigenvalue weighted by Gasteiger charge is -2.48. The largest absolute Gasteiger partial charge is 0.331 e. The Hall–Kier alpha value is -4.40. The second kappa shape index (κ2) is 13.8. The molecule has 4 amide bonds. The van der Waals surface area contributed by atoms with Crippen molar-refractivity contribution in [2.24, 2.45) is 0 Å². The molecule has 260 valence electrons. The number of aromatic nitrogens is 3. The number of nitrogens with one attached hydrogen (secondary N) is 3. The van der Waals surface area contributed by atoms with E-state index in [2.05, 4.69) is 131 Å². The maximum atomic E-state index is 12.5. The summed E-state index contributed by atoms with van der Waals surface area (Å²) in [6.45, 7) is 2.36. The predicted molar refractivity (Wildman–Crippen MR) is 190 cm³/mol. The van der Waals surface area contributed by atoms with E-state index >= 15 is 0 Å². The first-order chi connectivity index (χ1) is 23.5. The van der Waals surface area contributed by atoms with Crippen molar-refractivity contribution >= 4 is 12.1 Å². The first-order valence-electron chi connectivity index (χ1n) is 17.4. The molecule has 2 saturated heterocycles. The maximum absolute atomic E-state index is 12.5. The Balaban J connectivity index is 0.000000171. The van der Waals surface area contributed by atoms with E-state index in [9.17, 15) is 9.59 Å². The average Bonchev–Trinajstić information content (AvgIpc) is 3.81. The molecule has 3 heterocycles. The van der Waals surface area contributed by atoms with Crippen molar-refractivity contribution < 1.29 is 9.59 Å². The topological polar surface area (TPSA) is 113 Å². The quantitative estimate of drug-likeness (QED) is 0.320. The lowest BCUT2D eigenvalue weighted by molar-refractivity contribution is 0.0617. The molecule has 1 aromatic heterocycles. The van der Waals surface area contributed by atoms with Crippen molar-refractivity contribution in [3.05, 3.63) is 83.7 Å². The van der Waals surface area contributed by atoms with Crippen molar-refractivity contribution in [3.63, 3.8) is 0 Å². The molecule has 0 bridgehead atoms. The Kier molecular flexibility index (Phi) is 9.74. The third-order valence-electron chi connectivity index (χ3n) is 11.8. The molecule has 2 aliphatic heterocycles. The van der Waals surface area contributed by atoms with Crippen molar-refractivity contribution in [3.8, 4) is 12.3 Å². The normalized spacial score (nSPS) is 29.6. The maximum Gasteiger partial charge on any atom is 0.318 e. The van der Waals surface area contributed by atoms with Crippen molar-refractivity contribution in [1.82, 2.24) is 45.6 Å². The van der Waals surface area contributed by atoms with Gasteiger partial charge in [0, 0.05) is 24.2 Å². The molecule has 11 heteroatoms. The highest BCUT2D eigenvalue weighted by Gasteiger charge is 2.51. The van der Waals surface area contributed by atoms with Crippen LogP contribution in [-0.2, 0) is 17.6 Å². The highest BCUT2D eigenvalue weighted by Crippen LogP contribution is 2.47. The molecule has 4 fully saturated rings. The molecule has 2 aliphatic carbocycles. The number of hydrogen-bond donors (Lipinski definition) is 3. The first kappa shape index (κ1) is 34.5. The summed E-state index contributed by atoms with van der Waals surface area (Å²) in [5.41, 5.74) is 3.37. The number of benzene rings is 2. The van der Waals surface area contributed by atoms with Crippen LogP contribution in [-0.4, -0.2) is 106 Å². The van der Waals surface area contributed by atoms with Crippen molar-refractivity contribution in [1.29, 1.82) is 0 Å². The summed E-state index contributed by atoms with van der Waals surface area (Å²) < 4.78 is 0. The van der Waals surface area contributed by atoms with Gasteiger partial charge >= 0.3 is 12.1 Å². The molecule has 2 spiro atoms. The second-order valence-electron chi connectivity index (χ2n) is 14.9. The molecular weight excluding hydrogens is 614 g/mol. The number of nitrogens with zero attached hydrogens (tertiary/aromatic N) is 6. The van der Waals surface area contributed by atoms with Crippen LogP contribution in [0.15, 0.2) is 66.9 Å². The van der Waals surface area contributed by atoms with Gasteiger partial charge in [0.15, 0.2) is 0 Å². The number of urea groups is 2. The molecule has 11 nitrogen and oxygen atoms in total. The number of terminal acetylenes is 1. The fraction of sp³-hybridized carbons (Fsp3) is 0.526. The highest BCUT2D eigenvalue weighted by molar-refractivity contribution is 5.78. The summed E-state index contributed by atoms with van der Waals surface area (Å²) in [6.07, 6.45) is 15.1. The predicted octanol–water partition coefficient (Wildman–Crippen LogP) is 4.51. The Morgan fingerprint density at radius 1 is 0.714 bits per heavy atom.